The molecule has 0 bridgehead atoms. The van der Waals surface area contributed by atoms with Gasteiger partial charge >= 0.3 is 0 Å². The zero-order valence-electron chi connectivity index (χ0n) is 13.1. The third-order valence-electron chi connectivity index (χ3n) is 3.43. The fourth-order valence-electron chi connectivity index (χ4n) is 2.09. The average Bonchev–Trinajstić information content (AvgIpc) is 2.45. The number of methoxy groups -OCH3 is 1. The molecular weight excluding hydrogens is 262 g/mol. The van der Waals surface area contributed by atoms with Crippen LogP contribution in [-0.2, 0) is 12.0 Å². The van der Waals surface area contributed by atoms with E-state index in [2.05, 4.69) is 32.9 Å². The van der Waals surface area contributed by atoms with Gasteiger partial charge in [-0.2, -0.15) is 0 Å². The van der Waals surface area contributed by atoms with Crippen molar-refractivity contribution in [2.45, 2.75) is 32.8 Å². The summed E-state index contributed by atoms with van der Waals surface area (Å²) in [5.74, 6) is 1.60. The van der Waals surface area contributed by atoms with Crippen molar-refractivity contribution in [2.24, 2.45) is 0 Å². The molecule has 0 aliphatic heterocycles. The molecule has 0 fully saturated rings. The van der Waals surface area contributed by atoms with E-state index in [0.29, 0.717) is 12.3 Å². The molecule has 21 heavy (non-hydrogen) atoms. The SMILES string of the molecule is COc1cc(N)ccc1COc1ccc(C(C)(C)C)cc1. The Morgan fingerprint density at radius 3 is 2.24 bits per heavy atom. The predicted octanol–water partition coefficient (Wildman–Crippen LogP) is 4.15. The number of nitrogen functional groups attached to an aromatic ring is 1. The lowest BCUT2D eigenvalue weighted by Crippen LogP contribution is -2.10. The van der Waals surface area contributed by atoms with Crippen LogP contribution < -0.4 is 15.2 Å². The third kappa shape index (κ3) is 3.91. The maximum Gasteiger partial charge on any atom is 0.127 e. The highest BCUT2D eigenvalue weighted by molar-refractivity contribution is 5.48. The summed E-state index contributed by atoms with van der Waals surface area (Å²) in [5.41, 5.74) is 8.85. The Bertz CT molecular complexity index is 598. The van der Waals surface area contributed by atoms with E-state index in [1.807, 2.05) is 24.3 Å². The monoisotopic (exact) mass is 285 g/mol. The number of hydrogen-bond acceptors (Lipinski definition) is 3. The first-order valence-corrected chi connectivity index (χ1v) is 7.06. The van der Waals surface area contributed by atoms with Crippen LogP contribution in [0.1, 0.15) is 31.9 Å². The molecule has 0 amide bonds. The highest BCUT2D eigenvalue weighted by atomic mass is 16.5. The number of hydrogen-bond donors (Lipinski definition) is 1. The lowest BCUT2D eigenvalue weighted by Gasteiger charge is -2.19. The fraction of sp³-hybridized carbons (Fsp3) is 0.333. The first-order chi connectivity index (χ1) is 9.90. The second-order valence-corrected chi connectivity index (χ2v) is 6.13. The molecule has 0 unspecified atom stereocenters. The number of rotatable bonds is 4. The molecule has 2 N–H and O–H groups in total. The van der Waals surface area contributed by atoms with Crippen molar-refractivity contribution < 1.29 is 9.47 Å². The lowest BCUT2D eigenvalue weighted by atomic mass is 9.87. The number of nitrogens with two attached hydrogens (primary N) is 1. The van der Waals surface area contributed by atoms with Crippen LogP contribution in [-0.4, -0.2) is 7.11 Å². The van der Waals surface area contributed by atoms with Crippen LogP contribution in [0.2, 0.25) is 0 Å². The molecule has 0 atom stereocenters. The average molecular weight is 285 g/mol. The van der Waals surface area contributed by atoms with Crippen molar-refractivity contribution >= 4 is 5.69 Å². The van der Waals surface area contributed by atoms with E-state index < -0.39 is 0 Å². The van der Waals surface area contributed by atoms with E-state index >= 15 is 0 Å². The van der Waals surface area contributed by atoms with Crippen LogP contribution in [0, 0.1) is 0 Å². The molecular formula is C18H23NO2. The fourth-order valence-corrected chi connectivity index (χ4v) is 2.09. The van der Waals surface area contributed by atoms with Crippen molar-refractivity contribution in [1.29, 1.82) is 0 Å². The number of anilines is 1. The first kappa shape index (κ1) is 15.2. The summed E-state index contributed by atoms with van der Waals surface area (Å²) >= 11 is 0. The molecule has 0 aromatic heterocycles. The van der Waals surface area contributed by atoms with Crippen molar-refractivity contribution in [2.75, 3.05) is 12.8 Å². The van der Waals surface area contributed by atoms with Crippen LogP contribution in [0.15, 0.2) is 42.5 Å². The van der Waals surface area contributed by atoms with Gasteiger partial charge < -0.3 is 15.2 Å². The minimum absolute atomic E-state index is 0.151. The molecule has 2 aromatic rings. The molecule has 2 rings (SSSR count). The second kappa shape index (κ2) is 6.08. The summed E-state index contributed by atoms with van der Waals surface area (Å²) < 4.78 is 11.1. The maximum absolute atomic E-state index is 5.82. The van der Waals surface area contributed by atoms with Gasteiger partial charge in [0.05, 0.1) is 7.11 Å². The normalized spacial score (nSPS) is 11.2. The molecule has 2 aromatic carbocycles. The summed E-state index contributed by atoms with van der Waals surface area (Å²) in [6.07, 6.45) is 0. The van der Waals surface area contributed by atoms with Gasteiger partial charge in [-0.25, -0.2) is 0 Å². The Hall–Kier alpha value is -2.16. The van der Waals surface area contributed by atoms with E-state index in [-0.39, 0.29) is 5.41 Å². The van der Waals surface area contributed by atoms with E-state index in [4.69, 9.17) is 15.2 Å². The van der Waals surface area contributed by atoms with E-state index in [9.17, 15) is 0 Å². The van der Waals surface area contributed by atoms with Crippen molar-refractivity contribution in [3.8, 4) is 11.5 Å². The van der Waals surface area contributed by atoms with Gasteiger partial charge in [0.1, 0.15) is 18.1 Å². The van der Waals surface area contributed by atoms with Gasteiger partial charge in [-0.1, -0.05) is 32.9 Å². The molecule has 0 saturated carbocycles. The molecule has 0 heterocycles. The molecule has 112 valence electrons. The number of ether oxygens (including phenoxy) is 2. The van der Waals surface area contributed by atoms with Crippen LogP contribution in [0.4, 0.5) is 5.69 Å². The first-order valence-electron chi connectivity index (χ1n) is 7.06. The number of benzene rings is 2. The Labute approximate surface area is 126 Å². The summed E-state index contributed by atoms with van der Waals surface area (Å²) in [5, 5.41) is 0. The van der Waals surface area contributed by atoms with E-state index in [0.717, 1.165) is 17.1 Å². The minimum atomic E-state index is 0.151. The van der Waals surface area contributed by atoms with Gasteiger partial charge in [0.15, 0.2) is 0 Å². The quantitative estimate of drug-likeness (QED) is 0.858. The Balaban J connectivity index is 2.07. The molecule has 3 heteroatoms. The van der Waals surface area contributed by atoms with E-state index in [1.165, 1.54) is 5.56 Å². The maximum atomic E-state index is 5.82. The Morgan fingerprint density at radius 2 is 1.67 bits per heavy atom. The zero-order chi connectivity index (χ0) is 15.5. The summed E-state index contributed by atoms with van der Waals surface area (Å²) in [4.78, 5) is 0. The van der Waals surface area contributed by atoms with E-state index in [1.54, 1.807) is 13.2 Å². The van der Waals surface area contributed by atoms with Gasteiger partial charge in [0, 0.05) is 17.3 Å². The van der Waals surface area contributed by atoms with Crippen LogP contribution in [0.5, 0.6) is 11.5 Å². The molecule has 0 spiro atoms. The standard InChI is InChI=1S/C18H23NO2/c1-18(2,3)14-6-9-16(10-7-14)21-12-13-5-8-15(19)11-17(13)20-4/h5-11H,12,19H2,1-4H3. The highest BCUT2D eigenvalue weighted by Crippen LogP contribution is 2.26. The molecule has 0 radical (unpaired) electrons. The van der Waals surface area contributed by atoms with Crippen LogP contribution in [0.25, 0.3) is 0 Å². The summed E-state index contributed by atoms with van der Waals surface area (Å²) in [6, 6.07) is 13.8. The van der Waals surface area contributed by atoms with Crippen molar-refractivity contribution in [1.82, 2.24) is 0 Å². The minimum Gasteiger partial charge on any atom is -0.496 e. The Kier molecular flexibility index (Phi) is 4.41. The van der Waals surface area contributed by atoms with Gasteiger partial charge in [0.2, 0.25) is 0 Å². The third-order valence-corrected chi connectivity index (χ3v) is 3.43. The van der Waals surface area contributed by atoms with Gasteiger partial charge in [-0.15, -0.1) is 0 Å². The molecule has 0 aliphatic rings. The largest absolute Gasteiger partial charge is 0.496 e. The molecule has 0 saturated heterocycles. The zero-order valence-corrected chi connectivity index (χ0v) is 13.1. The summed E-state index contributed by atoms with van der Waals surface area (Å²) in [7, 11) is 1.64. The smallest absolute Gasteiger partial charge is 0.127 e. The van der Waals surface area contributed by atoms with Gasteiger partial charge in [0.25, 0.3) is 0 Å². The van der Waals surface area contributed by atoms with Gasteiger partial charge in [-0.05, 0) is 35.2 Å². The van der Waals surface area contributed by atoms with Crippen molar-refractivity contribution in [3.05, 3.63) is 53.6 Å². The summed E-state index contributed by atoms with van der Waals surface area (Å²) in [6.45, 7) is 7.05. The highest BCUT2D eigenvalue weighted by Gasteiger charge is 2.13. The second-order valence-electron chi connectivity index (χ2n) is 6.13. The molecule has 3 nitrogen and oxygen atoms in total. The Morgan fingerprint density at radius 1 is 1.00 bits per heavy atom. The van der Waals surface area contributed by atoms with Gasteiger partial charge in [-0.3, -0.25) is 0 Å². The molecule has 0 aliphatic carbocycles. The topological polar surface area (TPSA) is 44.5 Å². The van der Waals surface area contributed by atoms with Crippen LogP contribution in [0.3, 0.4) is 0 Å². The van der Waals surface area contributed by atoms with Crippen LogP contribution >= 0.6 is 0 Å². The van der Waals surface area contributed by atoms with Crippen molar-refractivity contribution in [3.63, 3.8) is 0 Å². The lowest BCUT2D eigenvalue weighted by molar-refractivity contribution is 0.296. The predicted molar refractivity (Wildman–Crippen MR) is 86.9 cm³/mol.